The van der Waals surface area contributed by atoms with Crippen molar-refractivity contribution in [1.29, 1.82) is 0 Å². The van der Waals surface area contributed by atoms with Crippen LogP contribution in [0.5, 0.6) is 0 Å². The van der Waals surface area contributed by atoms with Crippen LogP contribution in [0.3, 0.4) is 0 Å². The summed E-state index contributed by atoms with van der Waals surface area (Å²) in [7, 11) is -3.54. The second-order valence-electron chi connectivity index (χ2n) is 7.33. The summed E-state index contributed by atoms with van der Waals surface area (Å²) in [5, 5.41) is 1.75. The first kappa shape index (κ1) is 21.4. The van der Waals surface area contributed by atoms with E-state index in [0.29, 0.717) is 28.4 Å². The molecule has 1 saturated heterocycles. The summed E-state index contributed by atoms with van der Waals surface area (Å²) in [6.45, 7) is 5.55. The fourth-order valence-corrected chi connectivity index (χ4v) is 7.77. The van der Waals surface area contributed by atoms with Gasteiger partial charge in [-0.2, -0.15) is 9.30 Å². The van der Waals surface area contributed by atoms with Gasteiger partial charge < -0.3 is 4.57 Å². The van der Waals surface area contributed by atoms with Gasteiger partial charge in [0.2, 0.25) is 0 Å². The SMILES string of the molecule is CCc1cccc2sc(=NC(=O)C3CCCN(S(=O)(=O)c4cccs4)C3)n(CC)c12. The van der Waals surface area contributed by atoms with Gasteiger partial charge in [0.25, 0.3) is 15.9 Å². The highest BCUT2D eigenvalue weighted by atomic mass is 32.2. The third-order valence-electron chi connectivity index (χ3n) is 5.51. The number of carbonyl (C=O) groups excluding carboxylic acids is 1. The number of thiophene rings is 1. The van der Waals surface area contributed by atoms with Crippen molar-refractivity contribution < 1.29 is 13.2 Å². The lowest BCUT2D eigenvalue weighted by molar-refractivity contribution is -0.122. The first-order valence-electron chi connectivity index (χ1n) is 10.2. The number of fused-ring (bicyclic) bond motifs is 1. The molecule has 1 fully saturated rings. The molecule has 1 aromatic carbocycles. The van der Waals surface area contributed by atoms with Gasteiger partial charge in [-0.15, -0.1) is 11.3 Å². The maximum absolute atomic E-state index is 13.0. The number of amides is 1. The third-order valence-corrected chi connectivity index (χ3v) is 9.79. The monoisotopic (exact) mass is 463 g/mol. The van der Waals surface area contributed by atoms with Crippen LogP contribution in [0.2, 0.25) is 0 Å². The van der Waals surface area contributed by atoms with Crippen LogP contribution < -0.4 is 4.80 Å². The first-order chi connectivity index (χ1) is 14.5. The normalized spacial score (nSPS) is 18.9. The molecule has 1 atom stereocenters. The maximum Gasteiger partial charge on any atom is 0.252 e. The quantitative estimate of drug-likeness (QED) is 0.577. The van der Waals surface area contributed by atoms with Crippen molar-refractivity contribution in [2.45, 2.75) is 43.9 Å². The van der Waals surface area contributed by atoms with Crippen LogP contribution in [0.25, 0.3) is 10.2 Å². The van der Waals surface area contributed by atoms with Gasteiger partial charge in [-0.05, 0) is 49.3 Å². The van der Waals surface area contributed by atoms with E-state index >= 15 is 0 Å². The predicted octanol–water partition coefficient (Wildman–Crippen LogP) is 3.87. The van der Waals surface area contributed by atoms with Gasteiger partial charge in [0.05, 0.1) is 16.1 Å². The summed E-state index contributed by atoms with van der Waals surface area (Å²) < 4.78 is 30.7. The summed E-state index contributed by atoms with van der Waals surface area (Å²) in [6.07, 6.45) is 2.24. The number of aromatic nitrogens is 1. The molecule has 1 unspecified atom stereocenters. The van der Waals surface area contributed by atoms with Crippen LogP contribution in [0.1, 0.15) is 32.3 Å². The smallest absolute Gasteiger partial charge is 0.252 e. The average molecular weight is 464 g/mol. The minimum Gasteiger partial charge on any atom is -0.316 e. The van der Waals surface area contributed by atoms with E-state index in [4.69, 9.17) is 0 Å². The van der Waals surface area contributed by atoms with Gasteiger partial charge >= 0.3 is 0 Å². The highest BCUT2D eigenvalue weighted by molar-refractivity contribution is 7.91. The number of hydrogen-bond acceptors (Lipinski definition) is 5. The highest BCUT2D eigenvalue weighted by Crippen LogP contribution is 2.27. The molecule has 160 valence electrons. The van der Waals surface area contributed by atoms with Gasteiger partial charge in [0.1, 0.15) is 4.21 Å². The van der Waals surface area contributed by atoms with Gasteiger partial charge in [-0.1, -0.05) is 36.5 Å². The number of thiazole rings is 1. The second-order valence-corrected chi connectivity index (χ2v) is 11.5. The lowest BCUT2D eigenvalue weighted by atomic mass is 9.99. The Morgan fingerprint density at radius 2 is 2.07 bits per heavy atom. The lowest BCUT2D eigenvalue weighted by Gasteiger charge is -2.29. The van der Waals surface area contributed by atoms with Gasteiger partial charge in [-0.3, -0.25) is 4.79 Å². The van der Waals surface area contributed by atoms with Crippen LogP contribution in [-0.4, -0.2) is 36.3 Å². The fraction of sp³-hybridized carbons (Fsp3) is 0.429. The molecule has 6 nitrogen and oxygen atoms in total. The number of rotatable bonds is 5. The number of aryl methyl sites for hydroxylation is 2. The molecule has 0 radical (unpaired) electrons. The van der Waals surface area contributed by atoms with E-state index in [2.05, 4.69) is 35.5 Å². The second kappa shape index (κ2) is 8.74. The Morgan fingerprint density at radius 3 is 2.77 bits per heavy atom. The van der Waals surface area contributed by atoms with E-state index in [1.165, 1.54) is 32.5 Å². The molecule has 0 saturated carbocycles. The number of piperidine rings is 1. The molecule has 0 bridgehead atoms. The van der Waals surface area contributed by atoms with E-state index in [-0.39, 0.29) is 12.5 Å². The summed E-state index contributed by atoms with van der Waals surface area (Å²) in [4.78, 5) is 18.2. The van der Waals surface area contributed by atoms with E-state index in [1.54, 1.807) is 17.5 Å². The van der Waals surface area contributed by atoms with Crippen molar-refractivity contribution in [2.24, 2.45) is 10.9 Å². The number of nitrogens with zero attached hydrogens (tertiary/aromatic N) is 3. The van der Waals surface area contributed by atoms with Crippen molar-refractivity contribution >= 4 is 48.8 Å². The Morgan fingerprint density at radius 1 is 1.23 bits per heavy atom. The number of hydrogen-bond donors (Lipinski definition) is 0. The standard InChI is InChI=1S/C21H25N3O3S3/c1-3-15-8-5-10-17-19(15)24(4-2)21(29-17)22-20(25)16-9-6-12-23(14-16)30(26,27)18-11-7-13-28-18/h5,7-8,10-11,13,16H,3-4,6,9,12,14H2,1-2H3. The van der Waals surface area contributed by atoms with Crippen molar-refractivity contribution in [2.75, 3.05) is 13.1 Å². The third kappa shape index (κ3) is 3.91. The van der Waals surface area contributed by atoms with Crippen LogP contribution in [0.15, 0.2) is 44.9 Å². The molecule has 1 aliphatic heterocycles. The Hall–Kier alpha value is -1.81. The Balaban J connectivity index is 1.65. The molecule has 0 aliphatic carbocycles. The zero-order valence-corrected chi connectivity index (χ0v) is 19.5. The van der Waals surface area contributed by atoms with Gasteiger partial charge in [-0.25, -0.2) is 8.42 Å². The fourth-order valence-electron chi connectivity index (χ4n) is 3.95. The molecule has 2 aromatic heterocycles. The number of para-hydroxylation sites is 1. The Bertz CT molecular complexity index is 1220. The molecular formula is C21H25N3O3S3. The molecule has 0 spiro atoms. The molecule has 9 heteroatoms. The molecule has 3 heterocycles. The van der Waals surface area contributed by atoms with Gasteiger partial charge in [0.15, 0.2) is 4.80 Å². The van der Waals surface area contributed by atoms with E-state index in [9.17, 15) is 13.2 Å². The molecule has 30 heavy (non-hydrogen) atoms. The van der Waals surface area contributed by atoms with Crippen LogP contribution in [0.4, 0.5) is 0 Å². The van der Waals surface area contributed by atoms with Crippen molar-refractivity contribution in [3.8, 4) is 0 Å². The summed E-state index contributed by atoms with van der Waals surface area (Å²) in [5.41, 5.74) is 2.38. The average Bonchev–Trinajstić information content (AvgIpc) is 3.41. The van der Waals surface area contributed by atoms with Crippen molar-refractivity contribution in [1.82, 2.24) is 8.87 Å². The van der Waals surface area contributed by atoms with Crippen LogP contribution in [0, 0.1) is 5.92 Å². The molecular weight excluding hydrogens is 438 g/mol. The minimum atomic E-state index is -3.54. The van der Waals surface area contributed by atoms with Crippen molar-refractivity contribution in [3.63, 3.8) is 0 Å². The molecule has 0 N–H and O–H groups in total. The zero-order chi connectivity index (χ0) is 21.3. The minimum absolute atomic E-state index is 0.194. The first-order valence-corrected chi connectivity index (χ1v) is 13.3. The molecule has 4 rings (SSSR count). The lowest BCUT2D eigenvalue weighted by Crippen LogP contribution is -2.42. The molecule has 1 aliphatic rings. The number of sulfonamides is 1. The topological polar surface area (TPSA) is 71.7 Å². The number of benzene rings is 1. The molecule has 1 amide bonds. The molecule has 3 aromatic rings. The van der Waals surface area contributed by atoms with Crippen LogP contribution >= 0.6 is 22.7 Å². The van der Waals surface area contributed by atoms with Gasteiger partial charge in [0, 0.05) is 19.6 Å². The summed E-state index contributed by atoms with van der Waals surface area (Å²) in [5.74, 6) is -0.637. The summed E-state index contributed by atoms with van der Waals surface area (Å²) >= 11 is 2.73. The van der Waals surface area contributed by atoms with E-state index < -0.39 is 15.9 Å². The van der Waals surface area contributed by atoms with Crippen molar-refractivity contribution in [3.05, 3.63) is 46.1 Å². The van der Waals surface area contributed by atoms with E-state index in [0.717, 1.165) is 23.2 Å². The summed E-state index contributed by atoms with van der Waals surface area (Å²) in [6, 6.07) is 9.56. The van der Waals surface area contributed by atoms with E-state index in [1.807, 2.05) is 6.07 Å². The largest absolute Gasteiger partial charge is 0.316 e. The number of carbonyl (C=O) groups is 1. The zero-order valence-electron chi connectivity index (χ0n) is 17.1. The Kier molecular flexibility index (Phi) is 6.24. The highest BCUT2D eigenvalue weighted by Gasteiger charge is 2.33. The van der Waals surface area contributed by atoms with Crippen LogP contribution in [-0.2, 0) is 27.8 Å². The predicted molar refractivity (Wildman–Crippen MR) is 121 cm³/mol. The Labute approximate surface area is 184 Å². The maximum atomic E-state index is 13.0.